The van der Waals surface area contributed by atoms with Crippen LogP contribution in [-0.2, 0) is 17.6 Å². The Labute approximate surface area is 171 Å². The highest BCUT2D eigenvalue weighted by Crippen LogP contribution is 2.31. The summed E-state index contributed by atoms with van der Waals surface area (Å²) < 4.78 is 1.14. The van der Waals surface area contributed by atoms with Gasteiger partial charge in [-0.05, 0) is 62.7 Å². The number of carbonyl (C=O) groups is 1. The van der Waals surface area contributed by atoms with Gasteiger partial charge in [0.05, 0.1) is 16.6 Å². The van der Waals surface area contributed by atoms with Crippen molar-refractivity contribution in [3.63, 3.8) is 0 Å². The summed E-state index contributed by atoms with van der Waals surface area (Å²) in [4.78, 5) is 22.0. The van der Waals surface area contributed by atoms with Crippen molar-refractivity contribution in [1.82, 2.24) is 9.88 Å². The SMILES string of the molecule is CCc1cccc2sc(N(CCN(C)C)C(=O)Cc3ccc(C)c(C)c3)nc12. The molecule has 0 radical (unpaired) electrons. The number of rotatable bonds is 7. The largest absolute Gasteiger partial charge is 0.308 e. The summed E-state index contributed by atoms with van der Waals surface area (Å²) in [6, 6.07) is 12.5. The quantitative estimate of drug-likeness (QED) is 0.586. The molecule has 0 saturated heterocycles. The molecule has 3 aromatic rings. The normalized spacial score (nSPS) is 11.4. The molecule has 5 heteroatoms. The molecular formula is C23H29N3OS. The van der Waals surface area contributed by atoms with Gasteiger partial charge in [0.15, 0.2) is 5.13 Å². The molecule has 2 aromatic carbocycles. The molecule has 0 atom stereocenters. The smallest absolute Gasteiger partial charge is 0.233 e. The first-order valence-electron chi connectivity index (χ1n) is 9.78. The van der Waals surface area contributed by atoms with E-state index in [9.17, 15) is 4.79 Å². The number of aromatic nitrogens is 1. The molecule has 0 spiro atoms. The van der Waals surface area contributed by atoms with Crippen LogP contribution in [0.4, 0.5) is 5.13 Å². The zero-order chi connectivity index (χ0) is 20.3. The second-order valence-electron chi connectivity index (χ2n) is 7.56. The Kier molecular flexibility index (Phi) is 6.47. The van der Waals surface area contributed by atoms with Crippen molar-refractivity contribution in [2.75, 3.05) is 32.1 Å². The maximum atomic E-state index is 13.2. The first-order valence-corrected chi connectivity index (χ1v) is 10.6. The van der Waals surface area contributed by atoms with E-state index in [4.69, 9.17) is 4.98 Å². The van der Waals surface area contributed by atoms with E-state index in [1.807, 2.05) is 19.0 Å². The van der Waals surface area contributed by atoms with Crippen molar-refractivity contribution in [3.8, 4) is 0 Å². The van der Waals surface area contributed by atoms with Crippen LogP contribution in [0, 0.1) is 13.8 Å². The van der Waals surface area contributed by atoms with Gasteiger partial charge in [-0.2, -0.15) is 0 Å². The maximum absolute atomic E-state index is 13.2. The average Bonchev–Trinajstić information content (AvgIpc) is 3.08. The van der Waals surface area contributed by atoms with Gasteiger partial charge in [0.2, 0.25) is 5.91 Å². The molecule has 1 heterocycles. The van der Waals surface area contributed by atoms with Gasteiger partial charge in [0.1, 0.15) is 0 Å². The number of anilines is 1. The molecule has 0 saturated carbocycles. The standard InChI is InChI=1S/C23H29N3OS/c1-6-19-8-7-9-20-22(19)24-23(28-20)26(13-12-25(4)5)21(27)15-18-11-10-16(2)17(3)14-18/h7-11,14H,6,12-13,15H2,1-5H3. The molecule has 3 rings (SSSR count). The summed E-state index contributed by atoms with van der Waals surface area (Å²) >= 11 is 1.61. The fourth-order valence-corrected chi connectivity index (χ4v) is 4.26. The summed E-state index contributed by atoms with van der Waals surface area (Å²) in [6.45, 7) is 7.76. The summed E-state index contributed by atoms with van der Waals surface area (Å²) in [5, 5.41) is 0.798. The van der Waals surface area contributed by atoms with Crippen LogP contribution in [0.2, 0.25) is 0 Å². The van der Waals surface area contributed by atoms with E-state index in [2.05, 4.69) is 62.1 Å². The van der Waals surface area contributed by atoms with E-state index in [0.717, 1.165) is 33.9 Å². The molecular weight excluding hydrogens is 366 g/mol. The molecule has 0 aliphatic heterocycles. The lowest BCUT2D eigenvalue weighted by molar-refractivity contribution is -0.118. The van der Waals surface area contributed by atoms with Crippen LogP contribution in [0.15, 0.2) is 36.4 Å². The van der Waals surface area contributed by atoms with Gasteiger partial charge < -0.3 is 4.90 Å². The maximum Gasteiger partial charge on any atom is 0.233 e. The van der Waals surface area contributed by atoms with Crippen molar-refractivity contribution in [1.29, 1.82) is 0 Å². The minimum atomic E-state index is 0.0993. The molecule has 28 heavy (non-hydrogen) atoms. The Hall–Kier alpha value is -2.24. The molecule has 4 nitrogen and oxygen atoms in total. The average molecular weight is 396 g/mol. The predicted molar refractivity (Wildman–Crippen MR) is 120 cm³/mol. The van der Waals surface area contributed by atoms with E-state index in [-0.39, 0.29) is 5.91 Å². The van der Waals surface area contributed by atoms with Crippen molar-refractivity contribution in [2.24, 2.45) is 0 Å². The van der Waals surface area contributed by atoms with Crippen LogP contribution in [0.5, 0.6) is 0 Å². The fraction of sp³-hybridized carbons (Fsp3) is 0.391. The first kappa shape index (κ1) is 20.5. The minimum Gasteiger partial charge on any atom is -0.308 e. The molecule has 1 aromatic heterocycles. The molecule has 0 unspecified atom stereocenters. The van der Waals surface area contributed by atoms with Crippen LogP contribution in [-0.4, -0.2) is 43.0 Å². The molecule has 0 aliphatic carbocycles. The van der Waals surface area contributed by atoms with Gasteiger partial charge in [0, 0.05) is 13.1 Å². The van der Waals surface area contributed by atoms with Crippen molar-refractivity contribution < 1.29 is 4.79 Å². The van der Waals surface area contributed by atoms with Gasteiger partial charge in [-0.15, -0.1) is 0 Å². The van der Waals surface area contributed by atoms with E-state index >= 15 is 0 Å². The van der Waals surface area contributed by atoms with Gasteiger partial charge in [-0.1, -0.05) is 48.6 Å². The number of aryl methyl sites for hydroxylation is 3. The minimum absolute atomic E-state index is 0.0993. The number of thiazole rings is 1. The third-order valence-corrected chi connectivity index (χ3v) is 6.15. The van der Waals surface area contributed by atoms with Crippen molar-refractivity contribution in [2.45, 2.75) is 33.6 Å². The van der Waals surface area contributed by atoms with Crippen LogP contribution in [0.1, 0.15) is 29.2 Å². The van der Waals surface area contributed by atoms with E-state index in [1.54, 1.807) is 11.3 Å². The Bertz CT molecular complexity index is 977. The molecule has 148 valence electrons. The first-order chi connectivity index (χ1) is 13.4. The second-order valence-corrected chi connectivity index (χ2v) is 8.57. The number of carbonyl (C=O) groups excluding carboxylic acids is 1. The van der Waals surface area contributed by atoms with Crippen LogP contribution >= 0.6 is 11.3 Å². The van der Waals surface area contributed by atoms with E-state index < -0.39 is 0 Å². The summed E-state index contributed by atoms with van der Waals surface area (Å²) in [5.41, 5.74) is 5.78. The monoisotopic (exact) mass is 395 g/mol. The predicted octanol–water partition coefficient (Wildman–Crippen LogP) is 4.61. The number of amides is 1. The lowest BCUT2D eigenvalue weighted by atomic mass is 10.0. The number of fused-ring (bicyclic) bond motifs is 1. The molecule has 0 fully saturated rings. The third-order valence-electron chi connectivity index (χ3n) is 5.10. The number of para-hydroxylation sites is 1. The van der Waals surface area contributed by atoms with Gasteiger partial charge in [-0.3, -0.25) is 9.69 Å². The molecule has 0 aliphatic rings. The number of likely N-dealkylation sites (N-methyl/N-ethyl adjacent to an activating group) is 1. The summed E-state index contributed by atoms with van der Waals surface area (Å²) in [6.07, 6.45) is 1.33. The second kappa shape index (κ2) is 8.84. The Morgan fingerprint density at radius 3 is 2.54 bits per heavy atom. The van der Waals surface area contributed by atoms with Gasteiger partial charge in [0.25, 0.3) is 0 Å². The Morgan fingerprint density at radius 2 is 1.86 bits per heavy atom. The third kappa shape index (κ3) is 4.59. The van der Waals surface area contributed by atoms with Gasteiger partial charge >= 0.3 is 0 Å². The fourth-order valence-electron chi connectivity index (χ4n) is 3.21. The lowest BCUT2D eigenvalue weighted by Crippen LogP contribution is -2.37. The van der Waals surface area contributed by atoms with Crippen molar-refractivity contribution in [3.05, 3.63) is 58.7 Å². The number of nitrogens with zero attached hydrogens (tertiary/aromatic N) is 3. The summed E-state index contributed by atoms with van der Waals surface area (Å²) in [7, 11) is 4.05. The van der Waals surface area contributed by atoms with Crippen molar-refractivity contribution >= 4 is 32.6 Å². The Balaban J connectivity index is 1.91. The zero-order valence-corrected chi connectivity index (χ0v) is 18.3. The van der Waals surface area contributed by atoms with Gasteiger partial charge in [-0.25, -0.2) is 4.98 Å². The molecule has 0 N–H and O–H groups in total. The Morgan fingerprint density at radius 1 is 1.07 bits per heavy atom. The lowest BCUT2D eigenvalue weighted by Gasteiger charge is -2.22. The van der Waals surface area contributed by atoms with Crippen LogP contribution in [0.3, 0.4) is 0 Å². The number of hydrogen-bond donors (Lipinski definition) is 0. The highest BCUT2D eigenvalue weighted by Gasteiger charge is 2.21. The van der Waals surface area contributed by atoms with E-state index in [1.165, 1.54) is 16.7 Å². The number of benzene rings is 2. The number of hydrogen-bond acceptors (Lipinski definition) is 4. The van der Waals surface area contributed by atoms with Crippen LogP contribution in [0.25, 0.3) is 10.2 Å². The topological polar surface area (TPSA) is 36.4 Å². The van der Waals surface area contributed by atoms with E-state index in [0.29, 0.717) is 13.0 Å². The highest BCUT2D eigenvalue weighted by atomic mass is 32.1. The summed E-state index contributed by atoms with van der Waals surface area (Å²) in [5.74, 6) is 0.0993. The molecule has 1 amide bonds. The molecule has 0 bridgehead atoms. The highest BCUT2D eigenvalue weighted by molar-refractivity contribution is 7.22. The van der Waals surface area contributed by atoms with Crippen LogP contribution < -0.4 is 4.90 Å². The zero-order valence-electron chi connectivity index (χ0n) is 17.5.